The normalized spacial score (nSPS) is 10.5. The zero-order valence-electron chi connectivity index (χ0n) is 11.6. The number of benzene rings is 1. The van der Waals surface area contributed by atoms with Crippen molar-refractivity contribution in [3.63, 3.8) is 0 Å². The Bertz CT molecular complexity index is 744. The fraction of sp³-hybridized carbons (Fsp3) is 0.125. The van der Waals surface area contributed by atoms with Gasteiger partial charge in [-0.15, -0.1) is 0 Å². The number of carbonyl (C=O) groups is 1. The third kappa shape index (κ3) is 3.02. The van der Waals surface area contributed by atoms with Crippen LogP contribution in [0.25, 0.3) is 5.69 Å². The number of hydrogen-bond donors (Lipinski definition) is 1. The van der Waals surface area contributed by atoms with Crippen LogP contribution in [0, 0.1) is 6.92 Å². The van der Waals surface area contributed by atoms with Gasteiger partial charge in [-0.05, 0) is 31.2 Å². The Morgan fingerprint density at radius 1 is 1.24 bits per heavy atom. The number of carbonyl (C=O) groups excluding carboxylic acids is 1. The van der Waals surface area contributed by atoms with Crippen molar-refractivity contribution < 1.29 is 9.21 Å². The summed E-state index contributed by atoms with van der Waals surface area (Å²) in [6.07, 6.45) is 3.26. The molecule has 2 aromatic heterocycles. The molecule has 2 heterocycles. The first-order valence-electron chi connectivity index (χ1n) is 6.66. The largest absolute Gasteiger partial charge is 0.465 e. The van der Waals surface area contributed by atoms with Gasteiger partial charge in [0, 0.05) is 6.20 Å². The van der Waals surface area contributed by atoms with Crippen molar-refractivity contribution >= 4 is 5.91 Å². The maximum Gasteiger partial charge on any atom is 0.254 e. The molecule has 0 bridgehead atoms. The van der Waals surface area contributed by atoms with Gasteiger partial charge in [-0.3, -0.25) is 4.79 Å². The summed E-state index contributed by atoms with van der Waals surface area (Å²) in [6, 6.07) is 13.4. The maximum absolute atomic E-state index is 12.1. The van der Waals surface area contributed by atoms with Crippen LogP contribution in [-0.4, -0.2) is 15.7 Å². The molecule has 0 radical (unpaired) electrons. The van der Waals surface area contributed by atoms with Crippen LogP contribution >= 0.6 is 0 Å². The zero-order valence-corrected chi connectivity index (χ0v) is 11.6. The van der Waals surface area contributed by atoms with Crippen LogP contribution in [0.3, 0.4) is 0 Å². The molecule has 0 aliphatic carbocycles. The molecule has 0 saturated heterocycles. The van der Waals surface area contributed by atoms with Crippen LogP contribution in [0.15, 0.2) is 59.3 Å². The molecular weight excluding hydrogens is 266 g/mol. The standard InChI is InChI=1S/C16H15N3O2/c1-12-7-8-15(21-12)10-17-16(20)13-9-18-19(11-13)14-5-3-2-4-6-14/h2-9,11H,10H2,1H3,(H,17,20). The molecule has 0 unspecified atom stereocenters. The summed E-state index contributed by atoms with van der Waals surface area (Å²) in [7, 11) is 0. The van der Waals surface area contributed by atoms with Crippen molar-refractivity contribution in [2.24, 2.45) is 0 Å². The van der Waals surface area contributed by atoms with Crippen molar-refractivity contribution in [2.75, 3.05) is 0 Å². The molecule has 21 heavy (non-hydrogen) atoms. The van der Waals surface area contributed by atoms with Crippen molar-refractivity contribution in [2.45, 2.75) is 13.5 Å². The zero-order chi connectivity index (χ0) is 14.7. The quantitative estimate of drug-likeness (QED) is 0.800. The lowest BCUT2D eigenvalue weighted by Crippen LogP contribution is -2.22. The third-order valence-corrected chi connectivity index (χ3v) is 3.08. The third-order valence-electron chi connectivity index (χ3n) is 3.08. The SMILES string of the molecule is Cc1ccc(CNC(=O)c2cnn(-c3ccccc3)c2)o1. The average molecular weight is 281 g/mol. The van der Waals surface area contributed by atoms with Gasteiger partial charge in [0.25, 0.3) is 5.91 Å². The van der Waals surface area contributed by atoms with Crippen LogP contribution in [0.1, 0.15) is 21.9 Å². The summed E-state index contributed by atoms with van der Waals surface area (Å²) in [5.74, 6) is 1.39. The highest BCUT2D eigenvalue weighted by molar-refractivity contribution is 5.93. The highest BCUT2D eigenvalue weighted by Crippen LogP contribution is 2.09. The van der Waals surface area contributed by atoms with Gasteiger partial charge in [0.15, 0.2) is 0 Å². The summed E-state index contributed by atoms with van der Waals surface area (Å²) in [6.45, 7) is 2.23. The highest BCUT2D eigenvalue weighted by Gasteiger charge is 2.10. The number of para-hydroxylation sites is 1. The van der Waals surface area contributed by atoms with Crippen LogP contribution in [0.5, 0.6) is 0 Å². The predicted octanol–water partition coefficient (Wildman–Crippen LogP) is 2.70. The number of amides is 1. The number of rotatable bonds is 4. The summed E-state index contributed by atoms with van der Waals surface area (Å²) in [5.41, 5.74) is 1.43. The molecule has 3 rings (SSSR count). The van der Waals surface area contributed by atoms with Gasteiger partial charge in [-0.25, -0.2) is 4.68 Å². The molecule has 1 N–H and O–H groups in total. The van der Waals surface area contributed by atoms with E-state index in [-0.39, 0.29) is 5.91 Å². The van der Waals surface area contributed by atoms with E-state index in [0.29, 0.717) is 12.1 Å². The first-order valence-corrected chi connectivity index (χ1v) is 6.66. The minimum atomic E-state index is -0.175. The van der Waals surface area contributed by atoms with Gasteiger partial charge in [-0.1, -0.05) is 18.2 Å². The van der Waals surface area contributed by atoms with E-state index in [9.17, 15) is 4.79 Å². The Balaban J connectivity index is 1.67. The molecular formula is C16H15N3O2. The molecule has 0 aliphatic rings. The van der Waals surface area contributed by atoms with Gasteiger partial charge in [0.1, 0.15) is 11.5 Å². The highest BCUT2D eigenvalue weighted by atomic mass is 16.3. The minimum absolute atomic E-state index is 0.175. The first-order chi connectivity index (χ1) is 10.2. The number of hydrogen-bond acceptors (Lipinski definition) is 3. The molecule has 5 heteroatoms. The van der Waals surface area contributed by atoms with Crippen molar-refractivity contribution in [3.8, 4) is 5.69 Å². The molecule has 0 fully saturated rings. The van der Waals surface area contributed by atoms with Gasteiger partial charge in [0.2, 0.25) is 0 Å². The Morgan fingerprint density at radius 3 is 2.76 bits per heavy atom. The number of nitrogens with one attached hydrogen (secondary N) is 1. The molecule has 3 aromatic rings. The van der Waals surface area contributed by atoms with Gasteiger partial charge >= 0.3 is 0 Å². The number of nitrogens with zero attached hydrogens (tertiary/aromatic N) is 2. The summed E-state index contributed by atoms with van der Waals surface area (Å²) in [4.78, 5) is 12.1. The van der Waals surface area contributed by atoms with Crippen molar-refractivity contribution in [1.82, 2.24) is 15.1 Å². The monoisotopic (exact) mass is 281 g/mol. The van der Waals surface area contributed by atoms with E-state index in [0.717, 1.165) is 17.2 Å². The summed E-state index contributed by atoms with van der Waals surface area (Å²) < 4.78 is 7.08. The van der Waals surface area contributed by atoms with E-state index >= 15 is 0 Å². The van der Waals surface area contributed by atoms with Gasteiger partial charge in [-0.2, -0.15) is 5.10 Å². The van der Waals surface area contributed by atoms with Crippen LogP contribution in [0.2, 0.25) is 0 Å². The Kier molecular flexibility index (Phi) is 3.55. The summed E-state index contributed by atoms with van der Waals surface area (Å²) >= 11 is 0. The molecule has 106 valence electrons. The number of furan rings is 1. The van der Waals surface area contributed by atoms with E-state index in [1.807, 2.05) is 49.4 Å². The van der Waals surface area contributed by atoms with E-state index in [4.69, 9.17) is 4.42 Å². The molecule has 1 aromatic carbocycles. The lowest BCUT2D eigenvalue weighted by atomic mass is 10.3. The van der Waals surface area contributed by atoms with Crippen molar-refractivity contribution in [3.05, 3.63) is 71.9 Å². The van der Waals surface area contributed by atoms with Crippen molar-refractivity contribution in [1.29, 1.82) is 0 Å². The fourth-order valence-electron chi connectivity index (χ4n) is 2.01. The van der Waals surface area contributed by atoms with Crippen LogP contribution in [0.4, 0.5) is 0 Å². The molecule has 0 spiro atoms. The number of aryl methyl sites for hydroxylation is 1. The van der Waals surface area contributed by atoms with Gasteiger partial charge in [0.05, 0.1) is 24.0 Å². The van der Waals surface area contributed by atoms with E-state index in [1.165, 1.54) is 0 Å². The molecule has 0 atom stereocenters. The Morgan fingerprint density at radius 2 is 2.05 bits per heavy atom. The second-order valence-electron chi connectivity index (χ2n) is 4.70. The summed E-state index contributed by atoms with van der Waals surface area (Å²) in [5, 5.41) is 7.01. The van der Waals surface area contributed by atoms with Crippen LogP contribution in [-0.2, 0) is 6.54 Å². The maximum atomic E-state index is 12.1. The molecule has 5 nitrogen and oxygen atoms in total. The van der Waals surface area contributed by atoms with Crippen LogP contribution < -0.4 is 5.32 Å². The van der Waals surface area contributed by atoms with Gasteiger partial charge < -0.3 is 9.73 Å². The molecule has 0 aliphatic heterocycles. The Labute approximate surface area is 122 Å². The predicted molar refractivity (Wildman–Crippen MR) is 78.2 cm³/mol. The molecule has 0 saturated carbocycles. The minimum Gasteiger partial charge on any atom is -0.465 e. The second-order valence-corrected chi connectivity index (χ2v) is 4.70. The first kappa shape index (κ1) is 13.2. The van der Waals surface area contributed by atoms with E-state index in [2.05, 4.69) is 10.4 Å². The lowest BCUT2D eigenvalue weighted by Gasteiger charge is -2.01. The topological polar surface area (TPSA) is 60.1 Å². The number of aromatic nitrogens is 2. The molecule has 1 amide bonds. The van der Waals surface area contributed by atoms with E-state index < -0.39 is 0 Å². The fourth-order valence-corrected chi connectivity index (χ4v) is 2.01. The Hall–Kier alpha value is -2.82. The average Bonchev–Trinajstić information content (AvgIpc) is 3.15. The lowest BCUT2D eigenvalue weighted by molar-refractivity contribution is 0.0948. The smallest absolute Gasteiger partial charge is 0.254 e. The van der Waals surface area contributed by atoms with E-state index in [1.54, 1.807) is 17.1 Å². The second kappa shape index (κ2) is 5.66.